The monoisotopic (exact) mass is 231 g/mol. The highest BCUT2D eigenvalue weighted by Gasteiger charge is 2.18. The predicted octanol–water partition coefficient (Wildman–Crippen LogP) is 2.53. The molecule has 1 aliphatic carbocycles. The lowest BCUT2D eigenvalue weighted by molar-refractivity contribution is 0.240. The minimum Gasteiger partial charge on any atom is -0.475 e. The molecule has 1 saturated carbocycles. The van der Waals surface area contributed by atoms with Crippen LogP contribution in [0.1, 0.15) is 42.5 Å². The number of nitriles is 1. The molecule has 0 aromatic carbocycles. The van der Waals surface area contributed by atoms with Gasteiger partial charge in [0.2, 0.25) is 0 Å². The Balaban J connectivity index is 2.10. The maximum absolute atomic E-state index is 9.12. The van der Waals surface area contributed by atoms with Crippen LogP contribution in [-0.4, -0.2) is 16.8 Å². The van der Waals surface area contributed by atoms with Gasteiger partial charge in [0, 0.05) is 0 Å². The molecule has 0 radical (unpaired) electrons. The normalized spacial score (nSPS) is 15.8. The molecule has 1 aliphatic rings. The van der Waals surface area contributed by atoms with Crippen molar-refractivity contribution in [2.24, 2.45) is 5.92 Å². The summed E-state index contributed by atoms with van der Waals surface area (Å²) >= 11 is 0. The topological polar surface area (TPSA) is 58.8 Å². The highest BCUT2D eigenvalue weighted by Crippen LogP contribution is 2.26. The summed E-state index contributed by atoms with van der Waals surface area (Å²) in [6.45, 7) is 4.39. The SMILES string of the molecule is Cc1nnc(OCC2CCCC2)c(C#N)c1C. The summed E-state index contributed by atoms with van der Waals surface area (Å²) < 4.78 is 5.65. The molecule has 0 N–H and O–H groups in total. The van der Waals surface area contributed by atoms with E-state index >= 15 is 0 Å². The highest BCUT2D eigenvalue weighted by molar-refractivity contribution is 5.44. The Bertz CT molecular complexity index is 445. The Kier molecular flexibility index (Phi) is 3.58. The molecule has 1 fully saturated rings. The Morgan fingerprint density at radius 2 is 2.00 bits per heavy atom. The third-order valence-electron chi connectivity index (χ3n) is 3.46. The van der Waals surface area contributed by atoms with Crippen molar-refractivity contribution < 1.29 is 4.74 Å². The predicted molar refractivity (Wildman–Crippen MR) is 63.7 cm³/mol. The molecule has 2 rings (SSSR count). The average molecular weight is 231 g/mol. The van der Waals surface area contributed by atoms with Crippen LogP contribution in [0.2, 0.25) is 0 Å². The third-order valence-corrected chi connectivity index (χ3v) is 3.46. The van der Waals surface area contributed by atoms with Gasteiger partial charge in [-0.1, -0.05) is 12.8 Å². The molecule has 0 bridgehead atoms. The van der Waals surface area contributed by atoms with Crippen LogP contribution in [0.3, 0.4) is 0 Å². The molecule has 0 saturated heterocycles. The lowest BCUT2D eigenvalue weighted by Crippen LogP contribution is -2.11. The van der Waals surface area contributed by atoms with Gasteiger partial charge in [-0.05, 0) is 38.2 Å². The maximum Gasteiger partial charge on any atom is 0.251 e. The molecular weight excluding hydrogens is 214 g/mol. The van der Waals surface area contributed by atoms with Crippen molar-refractivity contribution in [2.45, 2.75) is 39.5 Å². The van der Waals surface area contributed by atoms with Crippen molar-refractivity contribution in [1.29, 1.82) is 5.26 Å². The van der Waals surface area contributed by atoms with Crippen LogP contribution >= 0.6 is 0 Å². The summed E-state index contributed by atoms with van der Waals surface area (Å²) in [6, 6.07) is 2.15. The first-order valence-electron chi connectivity index (χ1n) is 6.09. The van der Waals surface area contributed by atoms with Crippen LogP contribution in [0, 0.1) is 31.1 Å². The van der Waals surface area contributed by atoms with Crippen molar-refractivity contribution in [3.63, 3.8) is 0 Å². The van der Waals surface area contributed by atoms with Gasteiger partial charge in [0.05, 0.1) is 12.3 Å². The van der Waals surface area contributed by atoms with E-state index in [2.05, 4.69) is 16.3 Å². The number of ether oxygens (including phenoxy) is 1. The second kappa shape index (κ2) is 5.13. The van der Waals surface area contributed by atoms with Gasteiger partial charge in [-0.3, -0.25) is 0 Å². The van der Waals surface area contributed by atoms with E-state index in [0.717, 1.165) is 11.3 Å². The molecule has 4 heteroatoms. The molecule has 90 valence electrons. The number of aryl methyl sites for hydroxylation is 1. The number of hydrogen-bond acceptors (Lipinski definition) is 4. The van der Waals surface area contributed by atoms with Crippen molar-refractivity contribution in [3.8, 4) is 11.9 Å². The minimum absolute atomic E-state index is 0.391. The lowest BCUT2D eigenvalue weighted by atomic mass is 10.1. The molecule has 4 nitrogen and oxygen atoms in total. The maximum atomic E-state index is 9.12. The Hall–Kier alpha value is -1.63. The van der Waals surface area contributed by atoms with Crippen LogP contribution in [0.5, 0.6) is 5.88 Å². The zero-order chi connectivity index (χ0) is 12.3. The van der Waals surface area contributed by atoms with E-state index in [4.69, 9.17) is 10.00 Å². The van der Waals surface area contributed by atoms with E-state index in [1.54, 1.807) is 0 Å². The fourth-order valence-electron chi connectivity index (χ4n) is 2.19. The second-order valence-electron chi connectivity index (χ2n) is 4.66. The first-order valence-corrected chi connectivity index (χ1v) is 6.09. The van der Waals surface area contributed by atoms with Gasteiger partial charge in [-0.2, -0.15) is 10.4 Å². The number of rotatable bonds is 3. The molecular formula is C13H17N3O. The molecule has 0 spiro atoms. The summed E-state index contributed by atoms with van der Waals surface area (Å²) in [4.78, 5) is 0. The lowest BCUT2D eigenvalue weighted by Gasteiger charge is -2.12. The van der Waals surface area contributed by atoms with Gasteiger partial charge < -0.3 is 4.74 Å². The Morgan fingerprint density at radius 3 is 2.65 bits per heavy atom. The van der Waals surface area contributed by atoms with Crippen LogP contribution in [0.25, 0.3) is 0 Å². The van der Waals surface area contributed by atoms with E-state index < -0.39 is 0 Å². The van der Waals surface area contributed by atoms with Crippen molar-refractivity contribution >= 4 is 0 Å². The number of aromatic nitrogens is 2. The fraction of sp³-hybridized carbons (Fsp3) is 0.615. The smallest absolute Gasteiger partial charge is 0.251 e. The van der Waals surface area contributed by atoms with Gasteiger partial charge >= 0.3 is 0 Å². The number of nitrogens with zero attached hydrogens (tertiary/aromatic N) is 3. The van der Waals surface area contributed by atoms with Gasteiger partial charge in [0.15, 0.2) is 0 Å². The second-order valence-corrected chi connectivity index (χ2v) is 4.66. The molecule has 0 unspecified atom stereocenters. The van der Waals surface area contributed by atoms with Gasteiger partial charge in [0.1, 0.15) is 11.6 Å². The highest BCUT2D eigenvalue weighted by atomic mass is 16.5. The summed E-state index contributed by atoms with van der Waals surface area (Å²) in [5.41, 5.74) is 2.18. The zero-order valence-electron chi connectivity index (χ0n) is 10.4. The Morgan fingerprint density at radius 1 is 1.29 bits per heavy atom. The summed E-state index contributed by atoms with van der Waals surface area (Å²) in [5, 5.41) is 17.1. The van der Waals surface area contributed by atoms with Gasteiger partial charge in [-0.25, -0.2) is 0 Å². The van der Waals surface area contributed by atoms with Crippen molar-refractivity contribution in [3.05, 3.63) is 16.8 Å². The molecule has 1 aromatic heterocycles. The van der Waals surface area contributed by atoms with Crippen molar-refractivity contribution in [2.75, 3.05) is 6.61 Å². The van der Waals surface area contributed by atoms with E-state index in [-0.39, 0.29) is 0 Å². The molecule has 1 aromatic rings. The molecule has 1 heterocycles. The Labute approximate surface area is 102 Å². The first kappa shape index (κ1) is 11.8. The first-order chi connectivity index (χ1) is 8.22. The van der Waals surface area contributed by atoms with E-state index in [1.165, 1.54) is 25.7 Å². The van der Waals surface area contributed by atoms with Crippen molar-refractivity contribution in [1.82, 2.24) is 10.2 Å². The molecule has 17 heavy (non-hydrogen) atoms. The number of hydrogen-bond donors (Lipinski definition) is 0. The standard InChI is InChI=1S/C13H17N3O/c1-9-10(2)15-16-13(12(9)7-14)17-8-11-5-3-4-6-11/h11H,3-6,8H2,1-2H3. The third kappa shape index (κ3) is 2.55. The fourth-order valence-corrected chi connectivity index (χ4v) is 2.19. The van der Waals surface area contributed by atoms with Crippen LogP contribution in [0.15, 0.2) is 0 Å². The average Bonchev–Trinajstić information content (AvgIpc) is 2.83. The molecule has 0 aliphatic heterocycles. The minimum atomic E-state index is 0.391. The quantitative estimate of drug-likeness (QED) is 0.802. The summed E-state index contributed by atoms with van der Waals surface area (Å²) in [5.74, 6) is 1.01. The van der Waals surface area contributed by atoms with Crippen LogP contribution in [0.4, 0.5) is 0 Å². The van der Waals surface area contributed by atoms with Crippen LogP contribution in [-0.2, 0) is 0 Å². The summed E-state index contributed by atoms with van der Waals surface area (Å²) in [7, 11) is 0. The van der Waals surface area contributed by atoms with E-state index in [0.29, 0.717) is 24.0 Å². The van der Waals surface area contributed by atoms with E-state index in [9.17, 15) is 0 Å². The van der Waals surface area contributed by atoms with Gasteiger partial charge in [0.25, 0.3) is 5.88 Å². The summed E-state index contributed by atoms with van der Waals surface area (Å²) in [6.07, 6.45) is 5.02. The van der Waals surface area contributed by atoms with E-state index in [1.807, 2.05) is 13.8 Å². The van der Waals surface area contributed by atoms with Crippen LogP contribution < -0.4 is 4.74 Å². The molecule has 0 amide bonds. The zero-order valence-corrected chi connectivity index (χ0v) is 10.4. The van der Waals surface area contributed by atoms with Gasteiger partial charge in [-0.15, -0.1) is 5.10 Å². The molecule has 0 atom stereocenters. The largest absolute Gasteiger partial charge is 0.475 e.